The summed E-state index contributed by atoms with van der Waals surface area (Å²) in [6, 6.07) is 7.41. The lowest BCUT2D eigenvalue weighted by Gasteiger charge is -2.10. The molecule has 0 fully saturated rings. The lowest BCUT2D eigenvalue weighted by Crippen LogP contribution is -2.08. The SMILES string of the molecule is CCCn1cccc1CNc1ccc(F)cc1[N+](=O)[O-]. The molecule has 1 aromatic heterocycles. The molecule has 2 aromatic rings. The third-order valence-corrected chi connectivity index (χ3v) is 3.00. The second kappa shape index (κ2) is 6.18. The topological polar surface area (TPSA) is 60.1 Å². The van der Waals surface area contributed by atoms with E-state index in [1.54, 1.807) is 0 Å². The van der Waals surface area contributed by atoms with Gasteiger partial charge in [-0.3, -0.25) is 10.1 Å². The fraction of sp³-hybridized carbons (Fsp3) is 0.286. The molecule has 0 atom stereocenters. The van der Waals surface area contributed by atoms with E-state index in [1.807, 2.05) is 18.3 Å². The zero-order chi connectivity index (χ0) is 14.5. The molecule has 5 nitrogen and oxygen atoms in total. The third kappa shape index (κ3) is 3.14. The summed E-state index contributed by atoms with van der Waals surface area (Å²) in [5.41, 5.74) is 1.10. The average Bonchev–Trinajstić information content (AvgIpc) is 2.85. The van der Waals surface area contributed by atoms with Crippen LogP contribution in [0, 0.1) is 15.9 Å². The van der Waals surface area contributed by atoms with Crippen molar-refractivity contribution in [1.29, 1.82) is 0 Å². The van der Waals surface area contributed by atoms with Crippen molar-refractivity contribution in [3.8, 4) is 0 Å². The van der Waals surface area contributed by atoms with Crippen molar-refractivity contribution >= 4 is 11.4 Å². The van der Waals surface area contributed by atoms with E-state index < -0.39 is 10.7 Å². The predicted octanol–water partition coefficient (Wildman–Crippen LogP) is 3.56. The van der Waals surface area contributed by atoms with Gasteiger partial charge in [0, 0.05) is 18.4 Å². The summed E-state index contributed by atoms with van der Waals surface area (Å²) in [7, 11) is 0. The number of hydrogen-bond donors (Lipinski definition) is 1. The molecule has 2 rings (SSSR count). The third-order valence-electron chi connectivity index (χ3n) is 3.00. The molecule has 1 aromatic carbocycles. The van der Waals surface area contributed by atoms with Crippen LogP contribution < -0.4 is 5.32 Å². The molecule has 6 heteroatoms. The largest absolute Gasteiger partial charge is 0.374 e. The van der Waals surface area contributed by atoms with Gasteiger partial charge in [0.25, 0.3) is 5.69 Å². The van der Waals surface area contributed by atoms with E-state index in [0.717, 1.165) is 24.7 Å². The van der Waals surface area contributed by atoms with Gasteiger partial charge in [-0.05, 0) is 30.7 Å². The second-order valence-electron chi connectivity index (χ2n) is 4.47. The number of rotatable bonds is 6. The number of benzene rings is 1. The summed E-state index contributed by atoms with van der Waals surface area (Å²) < 4.78 is 15.1. The fourth-order valence-corrected chi connectivity index (χ4v) is 2.06. The lowest BCUT2D eigenvalue weighted by molar-refractivity contribution is -0.384. The van der Waals surface area contributed by atoms with Gasteiger partial charge >= 0.3 is 0 Å². The average molecular weight is 277 g/mol. The monoisotopic (exact) mass is 277 g/mol. The van der Waals surface area contributed by atoms with Crippen LogP contribution in [0.25, 0.3) is 0 Å². The number of aryl methyl sites for hydroxylation is 1. The molecule has 0 saturated heterocycles. The minimum absolute atomic E-state index is 0.251. The van der Waals surface area contributed by atoms with Gasteiger partial charge in [-0.15, -0.1) is 0 Å². The van der Waals surface area contributed by atoms with Gasteiger partial charge in [-0.1, -0.05) is 6.92 Å². The van der Waals surface area contributed by atoms with Crippen LogP contribution in [-0.4, -0.2) is 9.49 Å². The first-order valence-corrected chi connectivity index (χ1v) is 6.43. The zero-order valence-electron chi connectivity index (χ0n) is 11.2. The maximum absolute atomic E-state index is 13.0. The van der Waals surface area contributed by atoms with Crippen molar-refractivity contribution in [1.82, 2.24) is 4.57 Å². The molecule has 0 radical (unpaired) electrons. The first kappa shape index (κ1) is 14.0. The van der Waals surface area contributed by atoms with Gasteiger partial charge < -0.3 is 9.88 Å². The molecule has 0 unspecified atom stereocenters. The molecule has 0 amide bonds. The van der Waals surface area contributed by atoms with Crippen LogP contribution in [0.15, 0.2) is 36.5 Å². The fourth-order valence-electron chi connectivity index (χ4n) is 2.06. The number of nitrogens with one attached hydrogen (secondary N) is 1. The molecule has 0 aliphatic carbocycles. The maximum atomic E-state index is 13.0. The number of nitrogens with zero attached hydrogens (tertiary/aromatic N) is 2. The van der Waals surface area contributed by atoms with Crippen LogP contribution in [0.5, 0.6) is 0 Å². The van der Waals surface area contributed by atoms with E-state index >= 15 is 0 Å². The Balaban J connectivity index is 2.14. The van der Waals surface area contributed by atoms with E-state index in [2.05, 4.69) is 16.8 Å². The van der Waals surface area contributed by atoms with E-state index in [-0.39, 0.29) is 5.69 Å². The lowest BCUT2D eigenvalue weighted by atomic mass is 10.2. The Labute approximate surface area is 116 Å². The van der Waals surface area contributed by atoms with E-state index in [0.29, 0.717) is 12.2 Å². The van der Waals surface area contributed by atoms with Crippen LogP contribution in [0.4, 0.5) is 15.8 Å². The van der Waals surface area contributed by atoms with Gasteiger partial charge in [0.05, 0.1) is 17.5 Å². The van der Waals surface area contributed by atoms with Crippen LogP contribution in [0.1, 0.15) is 19.0 Å². The van der Waals surface area contributed by atoms with Crippen molar-refractivity contribution in [2.75, 3.05) is 5.32 Å². The molecule has 0 bridgehead atoms. The number of anilines is 1. The summed E-state index contributed by atoms with van der Waals surface area (Å²) in [5.74, 6) is -0.614. The number of hydrogen-bond acceptors (Lipinski definition) is 3. The highest BCUT2D eigenvalue weighted by Gasteiger charge is 2.14. The predicted molar refractivity (Wildman–Crippen MR) is 75.1 cm³/mol. The Morgan fingerprint density at radius 2 is 2.20 bits per heavy atom. The normalized spacial score (nSPS) is 10.5. The summed E-state index contributed by atoms with van der Waals surface area (Å²) >= 11 is 0. The number of aromatic nitrogens is 1. The van der Waals surface area contributed by atoms with Crippen molar-refractivity contribution in [3.05, 3.63) is 58.2 Å². The van der Waals surface area contributed by atoms with Crippen LogP contribution in [0.3, 0.4) is 0 Å². The van der Waals surface area contributed by atoms with Crippen molar-refractivity contribution in [3.63, 3.8) is 0 Å². The van der Waals surface area contributed by atoms with E-state index in [4.69, 9.17) is 0 Å². The summed E-state index contributed by atoms with van der Waals surface area (Å²) in [4.78, 5) is 10.3. The Morgan fingerprint density at radius 3 is 2.90 bits per heavy atom. The minimum atomic E-state index is -0.614. The first-order valence-electron chi connectivity index (χ1n) is 6.43. The van der Waals surface area contributed by atoms with Crippen LogP contribution >= 0.6 is 0 Å². The highest BCUT2D eigenvalue weighted by Crippen LogP contribution is 2.25. The number of nitro groups is 1. The molecule has 0 spiro atoms. The van der Waals surface area contributed by atoms with Gasteiger partial charge in [-0.2, -0.15) is 0 Å². The number of nitro benzene ring substituents is 1. The van der Waals surface area contributed by atoms with E-state index in [1.165, 1.54) is 12.1 Å². The Bertz CT molecular complexity index is 610. The van der Waals surface area contributed by atoms with Gasteiger partial charge in [0.15, 0.2) is 0 Å². The van der Waals surface area contributed by atoms with Crippen LogP contribution in [0.2, 0.25) is 0 Å². The molecule has 106 valence electrons. The highest BCUT2D eigenvalue weighted by atomic mass is 19.1. The van der Waals surface area contributed by atoms with Crippen molar-refractivity contribution < 1.29 is 9.31 Å². The van der Waals surface area contributed by atoms with Gasteiger partial charge in [-0.25, -0.2) is 4.39 Å². The van der Waals surface area contributed by atoms with Gasteiger partial charge in [0.1, 0.15) is 11.5 Å². The summed E-state index contributed by atoms with van der Waals surface area (Å²) in [6.45, 7) is 3.44. The summed E-state index contributed by atoms with van der Waals surface area (Å²) in [5, 5.41) is 13.9. The molecule has 20 heavy (non-hydrogen) atoms. The van der Waals surface area contributed by atoms with E-state index in [9.17, 15) is 14.5 Å². The van der Waals surface area contributed by atoms with Crippen molar-refractivity contribution in [2.24, 2.45) is 0 Å². The Morgan fingerprint density at radius 1 is 1.40 bits per heavy atom. The Kier molecular flexibility index (Phi) is 4.34. The minimum Gasteiger partial charge on any atom is -0.374 e. The molecule has 0 aliphatic rings. The molecular formula is C14H16FN3O2. The maximum Gasteiger partial charge on any atom is 0.295 e. The molecule has 0 aliphatic heterocycles. The molecule has 1 heterocycles. The highest BCUT2D eigenvalue weighted by molar-refractivity contribution is 5.61. The quantitative estimate of drug-likeness (QED) is 0.648. The van der Waals surface area contributed by atoms with Gasteiger partial charge in [0.2, 0.25) is 0 Å². The second-order valence-corrected chi connectivity index (χ2v) is 4.47. The molecular weight excluding hydrogens is 261 g/mol. The number of halogens is 1. The standard InChI is InChI=1S/C14H16FN3O2/c1-2-7-17-8-3-4-12(17)10-16-13-6-5-11(15)9-14(13)18(19)20/h3-6,8-9,16H,2,7,10H2,1H3. The summed E-state index contributed by atoms with van der Waals surface area (Å²) in [6.07, 6.45) is 2.98. The Hall–Kier alpha value is -2.37. The zero-order valence-corrected chi connectivity index (χ0v) is 11.2. The molecule has 0 saturated carbocycles. The molecule has 1 N–H and O–H groups in total. The smallest absolute Gasteiger partial charge is 0.295 e. The first-order chi connectivity index (χ1) is 9.61. The van der Waals surface area contributed by atoms with Crippen LogP contribution in [-0.2, 0) is 13.1 Å². The van der Waals surface area contributed by atoms with Crippen molar-refractivity contribution in [2.45, 2.75) is 26.4 Å².